The molecule has 5 heteroatoms. The average molecular weight is 396 g/mol. The van der Waals surface area contributed by atoms with Crippen molar-refractivity contribution in [2.24, 2.45) is 0 Å². The lowest BCUT2D eigenvalue weighted by atomic mass is 9.97. The predicted octanol–water partition coefficient (Wildman–Crippen LogP) is 3.77. The predicted molar refractivity (Wildman–Crippen MR) is 119 cm³/mol. The SMILES string of the molecule is O=C1NCCN(Cc2c[nH]c3ccccc23)[C@H]1Cc1cccc(-c2ccncc2)c1. The van der Waals surface area contributed by atoms with Gasteiger partial charge in [0.1, 0.15) is 0 Å². The summed E-state index contributed by atoms with van der Waals surface area (Å²) < 4.78 is 0. The van der Waals surface area contributed by atoms with Crippen molar-refractivity contribution >= 4 is 16.8 Å². The van der Waals surface area contributed by atoms with E-state index in [9.17, 15) is 4.79 Å². The van der Waals surface area contributed by atoms with Gasteiger partial charge in [-0.05, 0) is 46.9 Å². The Kier molecular flexibility index (Phi) is 5.03. The Morgan fingerprint density at radius 1 is 1.00 bits per heavy atom. The van der Waals surface area contributed by atoms with E-state index in [2.05, 4.69) is 68.8 Å². The molecule has 1 aliphatic heterocycles. The Bertz CT molecular complexity index is 1170. The quantitative estimate of drug-likeness (QED) is 0.540. The average Bonchev–Trinajstić information content (AvgIpc) is 3.20. The molecule has 2 aromatic heterocycles. The Hall–Kier alpha value is -3.44. The molecule has 1 fully saturated rings. The number of hydrogen-bond donors (Lipinski definition) is 2. The van der Waals surface area contributed by atoms with Crippen LogP contribution in [0, 0.1) is 0 Å². The van der Waals surface area contributed by atoms with E-state index in [1.807, 2.05) is 18.2 Å². The number of H-pyrrole nitrogens is 1. The van der Waals surface area contributed by atoms with Crippen LogP contribution in [0.2, 0.25) is 0 Å². The molecule has 2 N–H and O–H groups in total. The maximum atomic E-state index is 12.8. The number of nitrogens with one attached hydrogen (secondary N) is 2. The van der Waals surface area contributed by atoms with Crippen molar-refractivity contribution in [3.63, 3.8) is 0 Å². The van der Waals surface area contributed by atoms with Crippen LogP contribution in [0.5, 0.6) is 0 Å². The van der Waals surface area contributed by atoms with Gasteiger partial charge in [-0.1, -0.05) is 42.5 Å². The van der Waals surface area contributed by atoms with Gasteiger partial charge in [-0.15, -0.1) is 0 Å². The van der Waals surface area contributed by atoms with Crippen molar-refractivity contribution in [1.82, 2.24) is 20.2 Å². The number of rotatable bonds is 5. The van der Waals surface area contributed by atoms with Crippen LogP contribution in [-0.4, -0.2) is 39.9 Å². The second kappa shape index (κ2) is 8.13. The maximum absolute atomic E-state index is 12.8. The molecule has 1 saturated heterocycles. The summed E-state index contributed by atoms with van der Waals surface area (Å²) in [5.41, 5.74) is 5.81. The van der Waals surface area contributed by atoms with Crippen LogP contribution in [0.25, 0.3) is 22.0 Å². The number of fused-ring (bicyclic) bond motifs is 1. The zero-order valence-corrected chi connectivity index (χ0v) is 16.7. The molecule has 0 spiro atoms. The van der Waals surface area contributed by atoms with Gasteiger partial charge in [0.25, 0.3) is 0 Å². The molecule has 0 radical (unpaired) electrons. The zero-order valence-electron chi connectivity index (χ0n) is 16.7. The second-order valence-corrected chi connectivity index (χ2v) is 7.78. The second-order valence-electron chi connectivity index (χ2n) is 7.78. The number of carbonyl (C=O) groups excluding carboxylic acids is 1. The van der Waals surface area contributed by atoms with Gasteiger partial charge in [-0.2, -0.15) is 0 Å². The Morgan fingerprint density at radius 3 is 2.77 bits per heavy atom. The van der Waals surface area contributed by atoms with Crippen molar-refractivity contribution in [2.75, 3.05) is 13.1 Å². The van der Waals surface area contributed by atoms with Gasteiger partial charge in [0.05, 0.1) is 6.04 Å². The number of aromatic nitrogens is 2. The minimum Gasteiger partial charge on any atom is -0.361 e. The summed E-state index contributed by atoms with van der Waals surface area (Å²) in [5.74, 6) is 0.107. The standard InChI is InChI=1S/C25H24N4O/c30-25-24(15-18-4-3-5-20(14-18)19-8-10-26-11-9-19)29(13-12-27-25)17-21-16-28-23-7-2-1-6-22(21)23/h1-11,14,16,24,28H,12-13,15,17H2,(H,27,30)/t24-/m0/s1. The number of hydrogen-bond acceptors (Lipinski definition) is 3. The van der Waals surface area contributed by atoms with Gasteiger partial charge in [0.2, 0.25) is 5.91 Å². The number of piperazine rings is 1. The number of aromatic amines is 1. The van der Waals surface area contributed by atoms with Crippen LogP contribution < -0.4 is 5.32 Å². The lowest BCUT2D eigenvalue weighted by Gasteiger charge is -2.35. The monoisotopic (exact) mass is 396 g/mol. The number of amides is 1. The first-order chi connectivity index (χ1) is 14.8. The fraction of sp³-hybridized carbons (Fsp3) is 0.200. The molecule has 4 aromatic rings. The van der Waals surface area contributed by atoms with E-state index >= 15 is 0 Å². The molecular formula is C25H24N4O. The van der Waals surface area contributed by atoms with Gasteiger partial charge in [0.15, 0.2) is 0 Å². The van der Waals surface area contributed by atoms with Crippen LogP contribution in [-0.2, 0) is 17.8 Å². The molecule has 0 saturated carbocycles. The van der Waals surface area contributed by atoms with Crippen LogP contribution in [0.3, 0.4) is 0 Å². The molecule has 3 heterocycles. The Morgan fingerprint density at radius 2 is 1.87 bits per heavy atom. The van der Waals surface area contributed by atoms with E-state index in [1.54, 1.807) is 12.4 Å². The number of para-hydroxylation sites is 1. The molecule has 0 bridgehead atoms. The van der Waals surface area contributed by atoms with Gasteiger partial charge in [0, 0.05) is 49.1 Å². The van der Waals surface area contributed by atoms with Crippen molar-refractivity contribution in [2.45, 2.75) is 19.0 Å². The normalized spacial score (nSPS) is 17.2. The molecule has 1 atom stereocenters. The summed E-state index contributed by atoms with van der Waals surface area (Å²) in [4.78, 5) is 22.5. The van der Waals surface area contributed by atoms with Crippen molar-refractivity contribution in [3.8, 4) is 11.1 Å². The maximum Gasteiger partial charge on any atom is 0.237 e. The molecule has 5 rings (SSSR count). The molecule has 5 nitrogen and oxygen atoms in total. The van der Waals surface area contributed by atoms with Crippen molar-refractivity contribution in [3.05, 3.63) is 90.4 Å². The number of benzene rings is 2. The summed E-state index contributed by atoms with van der Waals surface area (Å²) in [6.07, 6.45) is 6.37. The summed E-state index contributed by atoms with van der Waals surface area (Å²) >= 11 is 0. The van der Waals surface area contributed by atoms with E-state index < -0.39 is 0 Å². The van der Waals surface area contributed by atoms with E-state index in [1.165, 1.54) is 10.9 Å². The molecular weight excluding hydrogens is 372 g/mol. The van der Waals surface area contributed by atoms with Crippen LogP contribution in [0.15, 0.2) is 79.3 Å². The fourth-order valence-corrected chi connectivity index (χ4v) is 4.30. The van der Waals surface area contributed by atoms with Gasteiger partial charge in [-0.25, -0.2) is 0 Å². The van der Waals surface area contributed by atoms with Gasteiger partial charge < -0.3 is 10.3 Å². The van der Waals surface area contributed by atoms with Crippen LogP contribution >= 0.6 is 0 Å². The minimum atomic E-state index is -0.180. The van der Waals surface area contributed by atoms with Gasteiger partial charge >= 0.3 is 0 Å². The summed E-state index contributed by atoms with van der Waals surface area (Å²) in [6.45, 7) is 2.29. The molecule has 30 heavy (non-hydrogen) atoms. The minimum absolute atomic E-state index is 0.107. The summed E-state index contributed by atoms with van der Waals surface area (Å²) in [5, 5.41) is 4.27. The smallest absolute Gasteiger partial charge is 0.237 e. The molecule has 0 aliphatic carbocycles. The molecule has 2 aromatic carbocycles. The molecule has 1 amide bonds. The number of carbonyl (C=O) groups is 1. The lowest BCUT2D eigenvalue weighted by molar-refractivity contribution is -0.129. The van der Waals surface area contributed by atoms with Crippen LogP contribution in [0.4, 0.5) is 0 Å². The van der Waals surface area contributed by atoms with E-state index in [0.29, 0.717) is 13.0 Å². The summed E-state index contributed by atoms with van der Waals surface area (Å²) in [6, 6.07) is 20.6. The first-order valence-electron chi connectivity index (χ1n) is 10.3. The zero-order chi connectivity index (χ0) is 20.3. The van der Waals surface area contributed by atoms with Crippen molar-refractivity contribution in [1.29, 1.82) is 0 Å². The third kappa shape index (κ3) is 3.72. The Balaban J connectivity index is 1.40. The van der Waals surface area contributed by atoms with E-state index in [0.717, 1.165) is 35.3 Å². The lowest BCUT2D eigenvalue weighted by Crippen LogP contribution is -2.55. The highest BCUT2D eigenvalue weighted by Gasteiger charge is 2.30. The third-order valence-electron chi connectivity index (χ3n) is 5.86. The van der Waals surface area contributed by atoms with Crippen LogP contribution in [0.1, 0.15) is 11.1 Å². The largest absolute Gasteiger partial charge is 0.361 e. The van der Waals surface area contributed by atoms with Crippen molar-refractivity contribution < 1.29 is 4.79 Å². The molecule has 0 unspecified atom stereocenters. The summed E-state index contributed by atoms with van der Waals surface area (Å²) in [7, 11) is 0. The number of nitrogens with zero attached hydrogens (tertiary/aromatic N) is 2. The van der Waals surface area contributed by atoms with E-state index in [-0.39, 0.29) is 11.9 Å². The van der Waals surface area contributed by atoms with Gasteiger partial charge in [-0.3, -0.25) is 14.7 Å². The topological polar surface area (TPSA) is 61.0 Å². The molecule has 150 valence electrons. The number of pyridine rings is 1. The highest BCUT2D eigenvalue weighted by atomic mass is 16.2. The third-order valence-corrected chi connectivity index (χ3v) is 5.86. The fourth-order valence-electron chi connectivity index (χ4n) is 4.30. The first kappa shape index (κ1) is 18.6. The first-order valence-corrected chi connectivity index (χ1v) is 10.3. The highest BCUT2D eigenvalue weighted by Crippen LogP contribution is 2.24. The molecule has 1 aliphatic rings. The highest BCUT2D eigenvalue weighted by molar-refractivity contribution is 5.84. The van der Waals surface area contributed by atoms with E-state index in [4.69, 9.17) is 0 Å². The Labute approximate surface area is 175 Å².